The van der Waals surface area contributed by atoms with E-state index in [1.165, 1.54) is 29.1 Å². The van der Waals surface area contributed by atoms with E-state index in [0.717, 1.165) is 22.5 Å². The van der Waals surface area contributed by atoms with Gasteiger partial charge in [-0.05, 0) is 60.7 Å². The fourth-order valence-corrected chi connectivity index (χ4v) is 4.50. The molecule has 0 saturated heterocycles. The van der Waals surface area contributed by atoms with Gasteiger partial charge in [-0.25, -0.2) is 4.98 Å². The molecule has 3 nitrogen and oxygen atoms in total. The SMILES string of the molecule is Cc1nc2c(n1C(CN)c1ccc(Br)s1)CCCC2. The first-order valence-electron chi connectivity index (χ1n) is 6.72. The van der Waals surface area contributed by atoms with Crippen LogP contribution in [0.15, 0.2) is 15.9 Å². The molecular formula is C14H18BrN3S. The van der Waals surface area contributed by atoms with Crippen molar-refractivity contribution in [3.05, 3.63) is 38.0 Å². The highest BCUT2D eigenvalue weighted by atomic mass is 79.9. The fourth-order valence-electron chi connectivity index (χ4n) is 2.97. The van der Waals surface area contributed by atoms with E-state index in [0.29, 0.717) is 6.54 Å². The molecule has 1 aliphatic rings. The smallest absolute Gasteiger partial charge is 0.106 e. The summed E-state index contributed by atoms with van der Waals surface area (Å²) in [5.74, 6) is 1.10. The minimum absolute atomic E-state index is 0.227. The van der Waals surface area contributed by atoms with Crippen molar-refractivity contribution < 1.29 is 0 Å². The molecule has 2 aromatic rings. The molecule has 0 amide bonds. The second-order valence-corrected chi connectivity index (χ2v) is 7.52. The van der Waals surface area contributed by atoms with Crippen molar-refractivity contribution in [3.63, 3.8) is 0 Å². The van der Waals surface area contributed by atoms with E-state index < -0.39 is 0 Å². The van der Waals surface area contributed by atoms with Crippen LogP contribution in [0.2, 0.25) is 0 Å². The summed E-state index contributed by atoms with van der Waals surface area (Å²) in [4.78, 5) is 6.06. The maximum Gasteiger partial charge on any atom is 0.106 e. The minimum atomic E-state index is 0.227. The Labute approximate surface area is 126 Å². The maximum absolute atomic E-state index is 6.05. The number of hydrogen-bond acceptors (Lipinski definition) is 3. The number of aromatic nitrogens is 2. The summed E-state index contributed by atoms with van der Waals surface area (Å²) in [6.07, 6.45) is 4.79. The molecule has 1 unspecified atom stereocenters. The molecule has 0 radical (unpaired) electrons. The number of rotatable bonds is 3. The van der Waals surface area contributed by atoms with Crippen LogP contribution < -0.4 is 5.73 Å². The van der Waals surface area contributed by atoms with Crippen molar-refractivity contribution >= 4 is 27.3 Å². The second kappa shape index (κ2) is 5.38. The standard InChI is InChI=1S/C14H18BrN3S/c1-9-17-10-4-2-3-5-11(10)18(9)12(8-16)13-6-7-14(15)19-13/h6-7,12H,2-5,8,16H2,1H3. The Morgan fingerprint density at radius 1 is 1.42 bits per heavy atom. The number of aryl methyl sites for hydroxylation is 2. The number of nitrogens with zero attached hydrogens (tertiary/aromatic N) is 2. The van der Waals surface area contributed by atoms with Crippen molar-refractivity contribution in [2.45, 2.75) is 38.6 Å². The van der Waals surface area contributed by atoms with Crippen molar-refractivity contribution in [2.75, 3.05) is 6.54 Å². The van der Waals surface area contributed by atoms with E-state index in [1.54, 1.807) is 11.3 Å². The van der Waals surface area contributed by atoms with Crippen molar-refractivity contribution in [1.82, 2.24) is 9.55 Å². The Kier molecular flexibility index (Phi) is 3.78. The Bertz CT molecular complexity index is 588. The highest BCUT2D eigenvalue weighted by molar-refractivity contribution is 9.11. The van der Waals surface area contributed by atoms with E-state index >= 15 is 0 Å². The van der Waals surface area contributed by atoms with Gasteiger partial charge in [0.1, 0.15) is 5.82 Å². The molecule has 2 N–H and O–H groups in total. The predicted octanol–water partition coefficient (Wildman–Crippen LogP) is 3.44. The van der Waals surface area contributed by atoms with Crippen LogP contribution in [0.5, 0.6) is 0 Å². The lowest BCUT2D eigenvalue weighted by molar-refractivity contribution is 0.543. The van der Waals surface area contributed by atoms with Crippen LogP contribution >= 0.6 is 27.3 Å². The highest BCUT2D eigenvalue weighted by Gasteiger charge is 2.24. The summed E-state index contributed by atoms with van der Waals surface area (Å²) in [6, 6.07) is 4.49. The molecule has 2 aromatic heterocycles. The molecule has 3 rings (SSSR count). The van der Waals surface area contributed by atoms with Crippen LogP contribution in [-0.2, 0) is 12.8 Å². The molecule has 1 aliphatic carbocycles. The Morgan fingerprint density at radius 3 is 2.89 bits per heavy atom. The third-order valence-corrected chi connectivity index (χ3v) is 5.53. The van der Waals surface area contributed by atoms with Gasteiger partial charge in [-0.3, -0.25) is 0 Å². The molecule has 5 heteroatoms. The van der Waals surface area contributed by atoms with E-state index in [2.05, 4.69) is 39.6 Å². The number of thiophene rings is 1. The molecule has 0 aliphatic heterocycles. The monoisotopic (exact) mass is 339 g/mol. The summed E-state index contributed by atoms with van der Waals surface area (Å²) >= 11 is 5.31. The highest BCUT2D eigenvalue weighted by Crippen LogP contribution is 2.33. The molecule has 0 aromatic carbocycles. The molecule has 0 bridgehead atoms. The van der Waals surface area contributed by atoms with Gasteiger partial charge in [-0.2, -0.15) is 0 Å². The van der Waals surface area contributed by atoms with Gasteiger partial charge in [0.15, 0.2) is 0 Å². The van der Waals surface area contributed by atoms with E-state index in [9.17, 15) is 0 Å². The van der Waals surface area contributed by atoms with Gasteiger partial charge in [-0.1, -0.05) is 0 Å². The van der Waals surface area contributed by atoms with Crippen molar-refractivity contribution in [2.24, 2.45) is 5.73 Å². The largest absolute Gasteiger partial charge is 0.328 e. The van der Waals surface area contributed by atoms with Gasteiger partial charge in [0, 0.05) is 17.1 Å². The summed E-state index contributed by atoms with van der Waals surface area (Å²) in [7, 11) is 0. The average molecular weight is 340 g/mol. The molecule has 102 valence electrons. The van der Waals surface area contributed by atoms with E-state index in [1.807, 2.05) is 0 Å². The summed E-state index contributed by atoms with van der Waals surface area (Å²) in [6.45, 7) is 2.72. The zero-order chi connectivity index (χ0) is 13.4. The first kappa shape index (κ1) is 13.3. The number of halogens is 1. The van der Waals surface area contributed by atoms with Gasteiger partial charge in [0.2, 0.25) is 0 Å². The van der Waals surface area contributed by atoms with Crippen LogP contribution in [0.25, 0.3) is 0 Å². The van der Waals surface area contributed by atoms with Gasteiger partial charge in [0.05, 0.1) is 15.5 Å². The van der Waals surface area contributed by atoms with E-state index in [4.69, 9.17) is 10.7 Å². The predicted molar refractivity (Wildman–Crippen MR) is 82.8 cm³/mol. The van der Waals surface area contributed by atoms with Crippen LogP contribution in [0.4, 0.5) is 0 Å². The Hall–Kier alpha value is -0.650. The molecule has 0 saturated carbocycles. The van der Waals surface area contributed by atoms with Gasteiger partial charge >= 0.3 is 0 Å². The molecular weight excluding hydrogens is 322 g/mol. The fraction of sp³-hybridized carbons (Fsp3) is 0.500. The number of fused-ring (bicyclic) bond motifs is 1. The second-order valence-electron chi connectivity index (χ2n) is 5.02. The van der Waals surface area contributed by atoms with E-state index in [-0.39, 0.29) is 6.04 Å². The van der Waals surface area contributed by atoms with Crippen LogP contribution in [0.3, 0.4) is 0 Å². The molecule has 1 atom stereocenters. The molecule has 19 heavy (non-hydrogen) atoms. The third-order valence-electron chi connectivity index (χ3n) is 3.80. The lowest BCUT2D eigenvalue weighted by Gasteiger charge is -2.22. The van der Waals surface area contributed by atoms with Crippen LogP contribution in [-0.4, -0.2) is 16.1 Å². The zero-order valence-electron chi connectivity index (χ0n) is 11.0. The topological polar surface area (TPSA) is 43.8 Å². The Balaban J connectivity index is 2.06. The van der Waals surface area contributed by atoms with Crippen LogP contribution in [0.1, 0.15) is 41.0 Å². The van der Waals surface area contributed by atoms with Gasteiger partial charge in [-0.15, -0.1) is 11.3 Å². The summed E-state index contributed by atoms with van der Waals surface area (Å²) < 4.78 is 3.53. The third kappa shape index (κ3) is 2.39. The lowest BCUT2D eigenvalue weighted by Crippen LogP contribution is -2.23. The normalized spacial score (nSPS) is 16.4. The number of hydrogen-bond donors (Lipinski definition) is 1. The number of imidazole rings is 1. The molecule has 0 fully saturated rings. The zero-order valence-corrected chi connectivity index (χ0v) is 13.4. The summed E-state index contributed by atoms with van der Waals surface area (Å²) in [5, 5.41) is 0. The average Bonchev–Trinajstić information content (AvgIpc) is 2.96. The maximum atomic E-state index is 6.05. The van der Waals surface area contributed by atoms with Crippen molar-refractivity contribution in [1.29, 1.82) is 0 Å². The van der Waals surface area contributed by atoms with Crippen LogP contribution in [0, 0.1) is 6.92 Å². The van der Waals surface area contributed by atoms with Crippen molar-refractivity contribution in [3.8, 4) is 0 Å². The van der Waals surface area contributed by atoms with Gasteiger partial charge in [0.25, 0.3) is 0 Å². The summed E-state index contributed by atoms with van der Waals surface area (Å²) in [5.41, 5.74) is 8.75. The van der Waals surface area contributed by atoms with Gasteiger partial charge < -0.3 is 10.3 Å². The Morgan fingerprint density at radius 2 is 2.21 bits per heavy atom. The first-order valence-corrected chi connectivity index (χ1v) is 8.33. The molecule has 2 heterocycles. The quantitative estimate of drug-likeness (QED) is 0.930. The minimum Gasteiger partial charge on any atom is -0.328 e. The molecule has 0 spiro atoms. The lowest BCUT2D eigenvalue weighted by atomic mass is 10.0. The number of nitrogens with two attached hydrogens (primary N) is 1. The first-order chi connectivity index (χ1) is 9.20.